The lowest BCUT2D eigenvalue weighted by atomic mass is 10.1. The van der Waals surface area contributed by atoms with Crippen LogP contribution in [0.4, 0.5) is 13.2 Å². The third kappa shape index (κ3) is 6.11. The molecule has 1 amide bonds. The monoisotopic (exact) mass is 352 g/mol. The number of alkyl halides is 3. The van der Waals surface area contributed by atoms with Crippen molar-refractivity contribution in [2.75, 3.05) is 6.61 Å². The lowest BCUT2D eigenvalue weighted by Gasteiger charge is -2.14. The molecule has 2 aromatic carbocycles. The Kier molecular flexibility index (Phi) is 6.03. The summed E-state index contributed by atoms with van der Waals surface area (Å²) < 4.78 is 41.2. The van der Waals surface area contributed by atoms with Crippen molar-refractivity contribution in [3.05, 3.63) is 65.2 Å². The Hall–Kier alpha value is -2.54. The number of benzene rings is 2. The Balaban J connectivity index is 1.92. The minimum Gasteiger partial charge on any atom is -0.484 e. The number of aryl methyl sites for hydroxylation is 1. The fraction of sp³-hybridized carbons (Fsp3) is 0.278. The first kappa shape index (κ1) is 18.8. The molecular formula is C18H19F3N2O2. The van der Waals surface area contributed by atoms with Crippen LogP contribution in [-0.4, -0.2) is 18.7 Å². The molecule has 7 heteroatoms. The summed E-state index contributed by atoms with van der Waals surface area (Å²) in [4.78, 5) is 12.1. The second-order valence-electron chi connectivity index (χ2n) is 5.66. The molecule has 0 spiro atoms. The van der Waals surface area contributed by atoms with E-state index >= 15 is 0 Å². The van der Waals surface area contributed by atoms with Crippen LogP contribution in [0.1, 0.15) is 22.7 Å². The molecule has 0 saturated heterocycles. The summed E-state index contributed by atoms with van der Waals surface area (Å²) in [5.41, 5.74) is 8.28. The predicted octanol–water partition coefficient (Wildman–Crippen LogP) is 3.25. The zero-order valence-corrected chi connectivity index (χ0v) is 13.6. The molecule has 0 heterocycles. The number of ether oxygens (including phenoxy) is 1. The zero-order chi connectivity index (χ0) is 18.4. The van der Waals surface area contributed by atoms with Gasteiger partial charge in [0.2, 0.25) is 5.91 Å². The minimum absolute atomic E-state index is 0.0897. The first-order valence-electron chi connectivity index (χ1n) is 7.63. The summed E-state index contributed by atoms with van der Waals surface area (Å²) in [6.07, 6.45) is -4.40. The molecular weight excluding hydrogens is 333 g/mol. The van der Waals surface area contributed by atoms with Gasteiger partial charge in [0.15, 0.2) is 6.61 Å². The van der Waals surface area contributed by atoms with Crippen LogP contribution in [0.3, 0.4) is 0 Å². The Bertz CT molecular complexity index is 715. The molecule has 1 atom stereocenters. The predicted molar refractivity (Wildman–Crippen MR) is 87.9 cm³/mol. The van der Waals surface area contributed by atoms with Gasteiger partial charge in [-0.15, -0.1) is 0 Å². The number of rotatable bonds is 6. The van der Waals surface area contributed by atoms with Crippen LogP contribution in [0.2, 0.25) is 0 Å². The highest BCUT2D eigenvalue weighted by atomic mass is 19.4. The fourth-order valence-electron chi connectivity index (χ4n) is 2.13. The first-order valence-corrected chi connectivity index (χ1v) is 7.63. The van der Waals surface area contributed by atoms with Gasteiger partial charge in [0, 0.05) is 6.54 Å². The summed E-state index contributed by atoms with van der Waals surface area (Å²) in [6, 6.07) is 12.6. The Morgan fingerprint density at radius 3 is 2.52 bits per heavy atom. The number of nitrogens with two attached hydrogens (primary N) is 1. The molecule has 0 aliphatic carbocycles. The number of hydrogen-bond acceptors (Lipinski definition) is 3. The van der Waals surface area contributed by atoms with Crippen molar-refractivity contribution >= 4 is 5.91 Å². The second-order valence-corrected chi connectivity index (χ2v) is 5.66. The van der Waals surface area contributed by atoms with Crippen LogP contribution in [0.25, 0.3) is 0 Å². The molecule has 2 aromatic rings. The second kappa shape index (κ2) is 8.02. The molecule has 3 N–H and O–H groups in total. The standard InChI is InChI=1S/C18H19F3N2O2/c1-12-5-7-14(8-6-12)16(22)17(24)23-10-13-3-2-4-15(9-13)25-11-18(19,20)21/h2-9,16H,10-11,22H2,1H3,(H,23,24). The largest absolute Gasteiger partial charge is 0.484 e. The van der Waals surface area contributed by atoms with E-state index in [4.69, 9.17) is 5.73 Å². The summed E-state index contributed by atoms with van der Waals surface area (Å²) in [7, 11) is 0. The van der Waals surface area contributed by atoms with Crippen molar-refractivity contribution < 1.29 is 22.7 Å². The van der Waals surface area contributed by atoms with Crippen LogP contribution in [0.15, 0.2) is 48.5 Å². The van der Waals surface area contributed by atoms with Crippen LogP contribution >= 0.6 is 0 Å². The van der Waals surface area contributed by atoms with Gasteiger partial charge in [-0.05, 0) is 30.2 Å². The van der Waals surface area contributed by atoms with E-state index in [1.165, 1.54) is 12.1 Å². The van der Waals surface area contributed by atoms with Gasteiger partial charge in [-0.1, -0.05) is 42.0 Å². The topological polar surface area (TPSA) is 64.4 Å². The van der Waals surface area contributed by atoms with Crippen molar-refractivity contribution in [1.29, 1.82) is 0 Å². The van der Waals surface area contributed by atoms with Gasteiger partial charge in [-0.2, -0.15) is 13.2 Å². The van der Waals surface area contributed by atoms with Crippen LogP contribution in [0.5, 0.6) is 5.75 Å². The third-order valence-electron chi connectivity index (χ3n) is 3.49. The van der Waals surface area contributed by atoms with Crippen molar-refractivity contribution in [2.24, 2.45) is 5.73 Å². The third-order valence-corrected chi connectivity index (χ3v) is 3.49. The molecule has 0 saturated carbocycles. The maximum absolute atomic E-state index is 12.2. The van der Waals surface area contributed by atoms with Crippen molar-refractivity contribution in [3.63, 3.8) is 0 Å². The van der Waals surface area contributed by atoms with Crippen molar-refractivity contribution in [3.8, 4) is 5.75 Å². The SMILES string of the molecule is Cc1ccc(C(N)C(=O)NCc2cccc(OCC(F)(F)F)c2)cc1. The van der Waals surface area contributed by atoms with E-state index in [1.807, 2.05) is 19.1 Å². The molecule has 0 aliphatic rings. The molecule has 25 heavy (non-hydrogen) atoms. The molecule has 0 aliphatic heterocycles. The highest BCUT2D eigenvalue weighted by molar-refractivity contribution is 5.82. The van der Waals surface area contributed by atoms with Crippen LogP contribution in [0, 0.1) is 6.92 Å². The van der Waals surface area contributed by atoms with E-state index in [9.17, 15) is 18.0 Å². The van der Waals surface area contributed by atoms with E-state index in [2.05, 4.69) is 10.1 Å². The van der Waals surface area contributed by atoms with Gasteiger partial charge in [-0.25, -0.2) is 0 Å². The Morgan fingerprint density at radius 1 is 1.20 bits per heavy atom. The quantitative estimate of drug-likeness (QED) is 0.839. The molecule has 0 radical (unpaired) electrons. The van der Waals surface area contributed by atoms with E-state index in [1.54, 1.807) is 24.3 Å². The van der Waals surface area contributed by atoms with Gasteiger partial charge in [0.1, 0.15) is 11.8 Å². The highest BCUT2D eigenvalue weighted by Crippen LogP contribution is 2.19. The summed E-state index contributed by atoms with van der Waals surface area (Å²) in [6.45, 7) is 0.714. The average Bonchev–Trinajstić information content (AvgIpc) is 2.58. The van der Waals surface area contributed by atoms with Gasteiger partial charge in [-0.3, -0.25) is 4.79 Å². The Labute approximate surface area is 143 Å². The lowest BCUT2D eigenvalue weighted by Crippen LogP contribution is -2.33. The molecule has 0 aromatic heterocycles. The molecule has 0 fully saturated rings. The number of hydrogen-bond donors (Lipinski definition) is 2. The van der Waals surface area contributed by atoms with Crippen molar-refractivity contribution in [1.82, 2.24) is 5.32 Å². The normalized spacial score (nSPS) is 12.5. The molecule has 0 bridgehead atoms. The molecule has 1 unspecified atom stereocenters. The lowest BCUT2D eigenvalue weighted by molar-refractivity contribution is -0.153. The van der Waals surface area contributed by atoms with Crippen LogP contribution in [-0.2, 0) is 11.3 Å². The van der Waals surface area contributed by atoms with E-state index < -0.39 is 18.8 Å². The van der Waals surface area contributed by atoms with E-state index in [0.717, 1.165) is 5.56 Å². The summed E-state index contributed by atoms with van der Waals surface area (Å²) >= 11 is 0. The fourth-order valence-corrected chi connectivity index (χ4v) is 2.13. The smallest absolute Gasteiger partial charge is 0.422 e. The first-order chi connectivity index (χ1) is 11.7. The minimum atomic E-state index is -4.40. The molecule has 4 nitrogen and oxygen atoms in total. The van der Waals surface area contributed by atoms with Gasteiger partial charge in [0.25, 0.3) is 0 Å². The molecule has 134 valence electrons. The average molecular weight is 352 g/mol. The van der Waals surface area contributed by atoms with Gasteiger partial charge in [0.05, 0.1) is 0 Å². The highest BCUT2D eigenvalue weighted by Gasteiger charge is 2.28. The van der Waals surface area contributed by atoms with Crippen molar-refractivity contribution in [2.45, 2.75) is 25.7 Å². The number of amides is 1. The van der Waals surface area contributed by atoms with Crippen LogP contribution < -0.4 is 15.8 Å². The Morgan fingerprint density at radius 2 is 1.88 bits per heavy atom. The maximum atomic E-state index is 12.2. The maximum Gasteiger partial charge on any atom is 0.422 e. The number of carbonyl (C=O) groups excluding carboxylic acids is 1. The van der Waals surface area contributed by atoms with Gasteiger partial charge >= 0.3 is 6.18 Å². The number of halogens is 3. The van der Waals surface area contributed by atoms with E-state index in [0.29, 0.717) is 11.1 Å². The van der Waals surface area contributed by atoms with E-state index in [-0.39, 0.29) is 18.2 Å². The molecule has 2 rings (SSSR count). The summed E-state index contributed by atoms with van der Waals surface area (Å²) in [5, 5.41) is 2.67. The number of carbonyl (C=O) groups is 1. The number of nitrogens with one attached hydrogen (secondary N) is 1. The summed E-state index contributed by atoms with van der Waals surface area (Å²) in [5.74, 6) is -0.280. The van der Waals surface area contributed by atoms with Gasteiger partial charge < -0.3 is 15.8 Å². The zero-order valence-electron chi connectivity index (χ0n) is 13.6.